The molecule has 0 aliphatic heterocycles. The lowest BCUT2D eigenvalue weighted by Crippen LogP contribution is -2.38. The smallest absolute Gasteiger partial charge is 0.306 e. The number of hydrogen-bond acceptors (Lipinski definition) is 8. The number of carbonyl (C=O) groups is 1. The second kappa shape index (κ2) is 9.24. The maximum Gasteiger partial charge on any atom is 0.306 e. The van der Waals surface area contributed by atoms with E-state index in [-0.39, 0.29) is 11.8 Å². The topological polar surface area (TPSA) is 117 Å². The third-order valence-corrected chi connectivity index (χ3v) is 7.46. The number of nitrogens with one attached hydrogen (secondary N) is 1. The number of anilines is 2. The second-order valence-electron chi connectivity index (χ2n) is 8.49. The van der Waals surface area contributed by atoms with E-state index in [2.05, 4.69) is 20.3 Å². The summed E-state index contributed by atoms with van der Waals surface area (Å²) in [5.41, 5.74) is 1.66. The Bertz CT molecular complexity index is 1190. The van der Waals surface area contributed by atoms with Crippen molar-refractivity contribution in [3.8, 4) is 16.3 Å². The van der Waals surface area contributed by atoms with Crippen LogP contribution >= 0.6 is 22.9 Å². The van der Waals surface area contributed by atoms with E-state index < -0.39 is 17.5 Å². The van der Waals surface area contributed by atoms with Gasteiger partial charge < -0.3 is 20.3 Å². The number of ether oxygens (including phenoxy) is 1. The standard InChI is InChI=1S/C23H25ClN4O4S/c1-12-6-14(8-15(7-12)27-22-26-10-17(24)19(28-22)32-3)18-11-25-21(33-18)23(31)5-4-16(20(29)30)13(2)9-23/h6-8,10-11,13,16,31H,4-5,9H2,1-3H3,(H,29,30)(H,26,27,28)/t13-,16+,23-/m0/s1. The van der Waals surface area contributed by atoms with E-state index in [1.165, 1.54) is 24.6 Å². The van der Waals surface area contributed by atoms with Gasteiger partial charge in [-0.15, -0.1) is 11.3 Å². The van der Waals surface area contributed by atoms with Gasteiger partial charge in [0.05, 0.1) is 24.1 Å². The Morgan fingerprint density at radius 3 is 2.79 bits per heavy atom. The van der Waals surface area contributed by atoms with Gasteiger partial charge in [-0.25, -0.2) is 9.97 Å². The maximum atomic E-state index is 11.4. The van der Waals surface area contributed by atoms with E-state index in [1.807, 2.05) is 32.0 Å². The summed E-state index contributed by atoms with van der Waals surface area (Å²) in [4.78, 5) is 25.3. The van der Waals surface area contributed by atoms with Gasteiger partial charge >= 0.3 is 5.97 Å². The van der Waals surface area contributed by atoms with Crippen molar-refractivity contribution in [1.82, 2.24) is 15.0 Å². The molecule has 1 saturated carbocycles. The molecule has 0 bridgehead atoms. The van der Waals surface area contributed by atoms with Crippen molar-refractivity contribution in [3.05, 3.63) is 46.2 Å². The van der Waals surface area contributed by atoms with Gasteiger partial charge in [-0.1, -0.05) is 24.6 Å². The minimum absolute atomic E-state index is 0.125. The number of carboxylic acid groups (broad SMARTS) is 1. The summed E-state index contributed by atoms with van der Waals surface area (Å²) in [6, 6.07) is 5.97. The van der Waals surface area contributed by atoms with Crippen molar-refractivity contribution < 1.29 is 19.7 Å². The summed E-state index contributed by atoms with van der Waals surface area (Å²) in [6.45, 7) is 3.87. The van der Waals surface area contributed by atoms with Gasteiger partial charge in [0.2, 0.25) is 11.8 Å². The quantitative estimate of drug-likeness (QED) is 0.442. The molecule has 1 aromatic carbocycles. The summed E-state index contributed by atoms with van der Waals surface area (Å²) < 4.78 is 5.15. The molecule has 33 heavy (non-hydrogen) atoms. The summed E-state index contributed by atoms with van der Waals surface area (Å²) in [5, 5.41) is 24.8. The fourth-order valence-corrected chi connectivity index (χ4v) is 5.52. The highest BCUT2D eigenvalue weighted by atomic mass is 35.5. The third-order valence-electron chi connectivity index (χ3n) is 5.96. The number of aliphatic carboxylic acids is 1. The van der Waals surface area contributed by atoms with Crippen molar-refractivity contribution in [3.63, 3.8) is 0 Å². The van der Waals surface area contributed by atoms with Crippen molar-refractivity contribution in [1.29, 1.82) is 0 Å². The lowest BCUT2D eigenvalue weighted by atomic mass is 9.72. The Morgan fingerprint density at radius 2 is 2.09 bits per heavy atom. The molecular weight excluding hydrogens is 464 g/mol. The van der Waals surface area contributed by atoms with E-state index in [1.54, 1.807) is 6.20 Å². The van der Waals surface area contributed by atoms with Gasteiger partial charge in [0.25, 0.3) is 0 Å². The van der Waals surface area contributed by atoms with Gasteiger partial charge in [-0.3, -0.25) is 4.79 Å². The van der Waals surface area contributed by atoms with Crippen molar-refractivity contribution in [2.75, 3.05) is 12.4 Å². The Labute approximate surface area is 200 Å². The first-order valence-electron chi connectivity index (χ1n) is 10.6. The Hall–Kier alpha value is -2.75. The molecule has 0 amide bonds. The van der Waals surface area contributed by atoms with Crippen molar-refractivity contribution in [2.24, 2.45) is 11.8 Å². The lowest BCUT2D eigenvalue weighted by Gasteiger charge is -2.37. The number of rotatable bonds is 6. The molecule has 1 aliphatic rings. The summed E-state index contributed by atoms with van der Waals surface area (Å²) in [7, 11) is 1.49. The summed E-state index contributed by atoms with van der Waals surface area (Å²) in [6.07, 6.45) is 4.44. The number of carboxylic acids is 1. The van der Waals surface area contributed by atoms with Gasteiger partial charge in [0.15, 0.2) is 0 Å². The molecule has 2 aromatic heterocycles. The molecule has 0 radical (unpaired) electrons. The maximum absolute atomic E-state index is 11.4. The molecule has 1 aliphatic carbocycles. The number of methoxy groups -OCH3 is 1. The minimum atomic E-state index is -1.10. The Morgan fingerprint density at radius 1 is 1.30 bits per heavy atom. The SMILES string of the molecule is COc1nc(Nc2cc(C)cc(-c3cnc([C@]4(O)CC[C@@H](C(=O)O)[C@@H](C)C4)s3)c2)ncc1Cl. The predicted molar refractivity (Wildman–Crippen MR) is 127 cm³/mol. The van der Waals surface area contributed by atoms with E-state index in [0.29, 0.717) is 35.2 Å². The number of aliphatic hydroxyl groups is 1. The molecule has 3 aromatic rings. The Kier molecular flexibility index (Phi) is 6.56. The predicted octanol–water partition coefficient (Wildman–Crippen LogP) is 5.02. The fraction of sp³-hybridized carbons (Fsp3) is 0.391. The molecule has 0 unspecified atom stereocenters. The number of aryl methyl sites for hydroxylation is 1. The highest BCUT2D eigenvalue weighted by molar-refractivity contribution is 7.15. The van der Waals surface area contributed by atoms with Crippen LogP contribution in [-0.4, -0.2) is 38.2 Å². The molecule has 3 N–H and O–H groups in total. The third kappa shape index (κ3) is 4.95. The molecule has 10 heteroatoms. The van der Waals surface area contributed by atoms with Crippen molar-refractivity contribution >= 4 is 40.5 Å². The summed E-state index contributed by atoms with van der Waals surface area (Å²) in [5.74, 6) is -0.708. The molecule has 0 spiro atoms. The highest BCUT2D eigenvalue weighted by Crippen LogP contribution is 2.45. The molecule has 174 valence electrons. The van der Waals surface area contributed by atoms with Crippen LogP contribution in [0.3, 0.4) is 0 Å². The zero-order chi connectivity index (χ0) is 23.8. The van der Waals surface area contributed by atoms with Gasteiger partial charge in [0, 0.05) is 11.9 Å². The monoisotopic (exact) mass is 488 g/mol. The first-order valence-corrected chi connectivity index (χ1v) is 11.7. The van der Waals surface area contributed by atoms with Crippen LogP contribution < -0.4 is 10.1 Å². The minimum Gasteiger partial charge on any atom is -0.481 e. The largest absolute Gasteiger partial charge is 0.481 e. The van der Waals surface area contributed by atoms with Gasteiger partial charge in [-0.2, -0.15) is 4.98 Å². The molecule has 8 nitrogen and oxygen atoms in total. The van der Waals surface area contributed by atoms with Crippen LogP contribution in [0.1, 0.15) is 36.8 Å². The normalized spacial score (nSPS) is 22.7. The molecule has 2 heterocycles. The number of halogens is 1. The van der Waals surface area contributed by atoms with E-state index in [4.69, 9.17) is 16.3 Å². The number of hydrogen-bond donors (Lipinski definition) is 3. The zero-order valence-corrected chi connectivity index (χ0v) is 20.1. The molecule has 3 atom stereocenters. The van der Waals surface area contributed by atoms with Gasteiger partial charge in [-0.05, 0) is 55.4 Å². The van der Waals surface area contributed by atoms with E-state index in [0.717, 1.165) is 21.7 Å². The second-order valence-corrected chi connectivity index (χ2v) is 9.93. The number of aromatic nitrogens is 3. The number of nitrogens with zero attached hydrogens (tertiary/aromatic N) is 3. The zero-order valence-electron chi connectivity index (χ0n) is 18.5. The first-order chi connectivity index (χ1) is 15.7. The molecule has 4 rings (SSSR count). The van der Waals surface area contributed by atoms with E-state index in [9.17, 15) is 15.0 Å². The molecule has 1 fully saturated rings. The van der Waals surface area contributed by atoms with Gasteiger partial charge in [0.1, 0.15) is 15.6 Å². The molecule has 0 saturated heterocycles. The van der Waals surface area contributed by atoms with Crippen molar-refractivity contribution in [2.45, 2.75) is 38.7 Å². The average molecular weight is 489 g/mol. The van der Waals surface area contributed by atoms with Crippen LogP contribution in [0.15, 0.2) is 30.6 Å². The van der Waals surface area contributed by atoms with Crippen LogP contribution in [0.25, 0.3) is 10.4 Å². The first kappa shape index (κ1) is 23.4. The summed E-state index contributed by atoms with van der Waals surface area (Å²) >= 11 is 7.44. The van der Waals surface area contributed by atoms with Crippen LogP contribution in [0, 0.1) is 18.8 Å². The lowest BCUT2D eigenvalue weighted by molar-refractivity contribution is -0.148. The highest BCUT2D eigenvalue weighted by Gasteiger charge is 2.43. The molecular formula is C23H25ClN4O4S. The van der Waals surface area contributed by atoms with Crippen LogP contribution in [0.5, 0.6) is 5.88 Å². The Balaban J connectivity index is 1.57. The number of benzene rings is 1. The average Bonchev–Trinajstić information content (AvgIpc) is 3.26. The fourth-order valence-electron chi connectivity index (χ4n) is 4.32. The van der Waals surface area contributed by atoms with Crippen LogP contribution in [-0.2, 0) is 10.4 Å². The number of thiazole rings is 1. The van der Waals surface area contributed by atoms with Crippen LogP contribution in [0.2, 0.25) is 5.02 Å². The van der Waals surface area contributed by atoms with Crippen LogP contribution in [0.4, 0.5) is 11.6 Å². The van der Waals surface area contributed by atoms with E-state index >= 15 is 0 Å².